The Hall–Kier alpha value is -0.660. The van der Waals surface area contributed by atoms with Gasteiger partial charge in [0.25, 0.3) is 5.91 Å². The third-order valence-electron chi connectivity index (χ3n) is 2.02. The second-order valence-corrected chi connectivity index (χ2v) is 5.54. The molecule has 0 spiro atoms. The molecular weight excluding hydrogens is 220 g/mol. The van der Waals surface area contributed by atoms with Crippen LogP contribution in [-0.2, 0) is 19.6 Å². The van der Waals surface area contributed by atoms with Gasteiger partial charge in [-0.05, 0) is 20.9 Å². The summed E-state index contributed by atoms with van der Waals surface area (Å²) in [5, 5.41) is 2.48. The lowest BCUT2D eigenvalue weighted by atomic mass is 10.1. The van der Waals surface area contributed by atoms with E-state index in [0.29, 0.717) is 0 Å². The molecule has 0 radical (unpaired) electrons. The van der Waals surface area contributed by atoms with Crippen molar-refractivity contribution >= 4 is 15.9 Å². The fourth-order valence-corrected chi connectivity index (χ4v) is 1.28. The van der Waals surface area contributed by atoms with Crippen LogP contribution in [0.3, 0.4) is 0 Å². The van der Waals surface area contributed by atoms with Crippen LogP contribution in [0.15, 0.2) is 0 Å². The van der Waals surface area contributed by atoms with Crippen LogP contribution in [0.1, 0.15) is 13.8 Å². The van der Waals surface area contributed by atoms with Crippen LogP contribution in [0.4, 0.5) is 0 Å². The Morgan fingerprint density at radius 2 is 1.93 bits per heavy atom. The smallest absolute Gasteiger partial charge is 0.251 e. The highest BCUT2D eigenvalue weighted by molar-refractivity contribution is 7.89. The molecule has 0 aliphatic rings. The molecule has 0 aromatic heterocycles. The summed E-state index contributed by atoms with van der Waals surface area (Å²) in [6, 6.07) is 0. The molecule has 6 nitrogen and oxygen atoms in total. The normalized spacial score (nSPS) is 12.5. The highest BCUT2D eigenvalue weighted by atomic mass is 32.2. The average Bonchev–Trinajstić information content (AvgIpc) is 2.17. The Balaban J connectivity index is 4.04. The summed E-state index contributed by atoms with van der Waals surface area (Å²) in [4.78, 5) is 11.4. The van der Waals surface area contributed by atoms with Gasteiger partial charge in [-0.3, -0.25) is 4.79 Å². The summed E-state index contributed by atoms with van der Waals surface area (Å²) in [6.45, 7) is 3.28. The van der Waals surface area contributed by atoms with Gasteiger partial charge in [0.1, 0.15) is 5.60 Å². The minimum absolute atomic E-state index is 0.0643. The predicted octanol–water partition coefficient (Wildman–Crippen LogP) is -0.923. The van der Waals surface area contributed by atoms with E-state index in [1.807, 2.05) is 0 Å². The fourth-order valence-electron chi connectivity index (χ4n) is 0.707. The van der Waals surface area contributed by atoms with Crippen LogP contribution < -0.4 is 10.0 Å². The second kappa shape index (κ2) is 5.43. The minimum atomic E-state index is -3.27. The van der Waals surface area contributed by atoms with Gasteiger partial charge in [0.2, 0.25) is 10.0 Å². The number of hydrogen-bond donors (Lipinski definition) is 2. The maximum atomic E-state index is 11.4. The number of methoxy groups -OCH3 is 1. The van der Waals surface area contributed by atoms with Gasteiger partial charge in [0, 0.05) is 13.7 Å². The third kappa shape index (κ3) is 5.10. The Morgan fingerprint density at radius 3 is 2.33 bits per heavy atom. The number of sulfonamides is 1. The van der Waals surface area contributed by atoms with Gasteiger partial charge in [0.15, 0.2) is 0 Å². The monoisotopic (exact) mass is 238 g/mol. The molecule has 0 saturated carbocycles. The Labute approximate surface area is 90.4 Å². The zero-order valence-electron chi connectivity index (χ0n) is 9.46. The molecule has 0 saturated heterocycles. The number of rotatable bonds is 6. The Morgan fingerprint density at radius 1 is 1.40 bits per heavy atom. The summed E-state index contributed by atoms with van der Waals surface area (Å²) < 4.78 is 29.1. The lowest BCUT2D eigenvalue weighted by Crippen LogP contribution is -2.45. The van der Waals surface area contributed by atoms with Gasteiger partial charge in [0.05, 0.1) is 5.75 Å². The molecular formula is C8H18N2O4S. The van der Waals surface area contributed by atoms with Crippen molar-refractivity contribution in [3.63, 3.8) is 0 Å². The highest BCUT2D eigenvalue weighted by Crippen LogP contribution is 2.06. The summed E-state index contributed by atoms with van der Waals surface area (Å²) >= 11 is 0. The summed E-state index contributed by atoms with van der Waals surface area (Å²) in [6.07, 6.45) is 0. The van der Waals surface area contributed by atoms with Crippen molar-refractivity contribution in [1.29, 1.82) is 0 Å². The maximum Gasteiger partial charge on any atom is 0.251 e. The van der Waals surface area contributed by atoms with Gasteiger partial charge in [-0.25, -0.2) is 13.1 Å². The molecule has 0 fully saturated rings. The lowest BCUT2D eigenvalue weighted by Gasteiger charge is -2.21. The fraction of sp³-hybridized carbons (Fsp3) is 0.875. The molecule has 0 aromatic rings. The van der Waals surface area contributed by atoms with E-state index in [9.17, 15) is 13.2 Å². The lowest BCUT2D eigenvalue weighted by molar-refractivity contribution is -0.139. The van der Waals surface area contributed by atoms with Crippen LogP contribution in [0.25, 0.3) is 0 Å². The molecule has 15 heavy (non-hydrogen) atoms. The van der Waals surface area contributed by atoms with E-state index in [1.165, 1.54) is 14.2 Å². The zero-order valence-corrected chi connectivity index (χ0v) is 10.3. The number of carbonyl (C=O) groups is 1. The first-order valence-corrected chi connectivity index (χ1v) is 6.15. The minimum Gasteiger partial charge on any atom is -0.369 e. The van der Waals surface area contributed by atoms with E-state index in [4.69, 9.17) is 4.74 Å². The molecule has 0 atom stereocenters. The third-order valence-corrected chi connectivity index (χ3v) is 3.39. The molecule has 0 bridgehead atoms. The molecule has 0 rings (SSSR count). The van der Waals surface area contributed by atoms with Crippen molar-refractivity contribution in [3.8, 4) is 0 Å². The van der Waals surface area contributed by atoms with E-state index in [-0.39, 0.29) is 18.2 Å². The van der Waals surface area contributed by atoms with Crippen LogP contribution in [0.2, 0.25) is 0 Å². The predicted molar refractivity (Wildman–Crippen MR) is 56.9 cm³/mol. The second-order valence-electron chi connectivity index (χ2n) is 3.49. The number of carbonyl (C=O) groups excluding carboxylic acids is 1. The van der Waals surface area contributed by atoms with Crippen molar-refractivity contribution in [1.82, 2.24) is 10.0 Å². The molecule has 0 aliphatic heterocycles. The SMILES string of the molecule is CNS(=O)(=O)CCNC(=O)C(C)(C)OC. The number of nitrogens with one attached hydrogen (secondary N) is 2. The number of amides is 1. The molecule has 0 unspecified atom stereocenters. The number of hydrogen-bond acceptors (Lipinski definition) is 4. The van der Waals surface area contributed by atoms with Crippen LogP contribution in [-0.4, -0.2) is 46.4 Å². The van der Waals surface area contributed by atoms with E-state index >= 15 is 0 Å². The van der Waals surface area contributed by atoms with E-state index in [0.717, 1.165) is 0 Å². The van der Waals surface area contributed by atoms with Crippen molar-refractivity contribution in [2.24, 2.45) is 0 Å². The molecule has 90 valence electrons. The van der Waals surface area contributed by atoms with Gasteiger partial charge < -0.3 is 10.1 Å². The topological polar surface area (TPSA) is 84.5 Å². The first kappa shape index (κ1) is 14.3. The first-order valence-electron chi connectivity index (χ1n) is 4.50. The molecule has 2 N–H and O–H groups in total. The molecule has 1 amide bonds. The number of ether oxygens (including phenoxy) is 1. The van der Waals surface area contributed by atoms with Crippen LogP contribution >= 0.6 is 0 Å². The summed E-state index contributed by atoms with van der Waals surface area (Å²) in [5.74, 6) is -0.481. The highest BCUT2D eigenvalue weighted by Gasteiger charge is 2.26. The average molecular weight is 238 g/mol. The molecule has 0 heterocycles. The maximum absolute atomic E-state index is 11.4. The van der Waals surface area contributed by atoms with E-state index in [2.05, 4.69) is 10.0 Å². The molecule has 0 aliphatic carbocycles. The van der Waals surface area contributed by atoms with Gasteiger partial charge in [-0.1, -0.05) is 0 Å². The van der Waals surface area contributed by atoms with Crippen LogP contribution in [0.5, 0.6) is 0 Å². The van der Waals surface area contributed by atoms with E-state index in [1.54, 1.807) is 13.8 Å². The quantitative estimate of drug-likeness (QED) is 0.626. The zero-order chi connectivity index (χ0) is 12.1. The summed E-state index contributed by atoms with van der Waals surface area (Å²) in [7, 11) is -0.523. The molecule has 0 aromatic carbocycles. The van der Waals surface area contributed by atoms with Crippen molar-refractivity contribution < 1.29 is 17.9 Å². The van der Waals surface area contributed by atoms with Crippen LogP contribution in [0, 0.1) is 0 Å². The standard InChI is InChI=1S/C8H18N2O4S/c1-8(2,14-4)7(11)10-5-6-15(12,13)9-3/h9H,5-6H2,1-4H3,(H,10,11). The van der Waals surface area contributed by atoms with Gasteiger partial charge in [-0.15, -0.1) is 0 Å². The van der Waals surface area contributed by atoms with Crippen molar-refractivity contribution in [3.05, 3.63) is 0 Å². The van der Waals surface area contributed by atoms with Crippen molar-refractivity contribution in [2.75, 3.05) is 26.5 Å². The Kier molecular flexibility index (Phi) is 5.19. The van der Waals surface area contributed by atoms with E-state index < -0.39 is 15.6 Å². The first-order chi connectivity index (χ1) is 6.75. The van der Waals surface area contributed by atoms with Gasteiger partial charge in [-0.2, -0.15) is 0 Å². The largest absolute Gasteiger partial charge is 0.369 e. The van der Waals surface area contributed by atoms with Crippen molar-refractivity contribution in [2.45, 2.75) is 19.4 Å². The Bertz CT molecular complexity index is 311. The molecule has 7 heteroatoms. The van der Waals surface area contributed by atoms with Gasteiger partial charge >= 0.3 is 0 Å². The summed E-state index contributed by atoms with van der Waals surface area (Å²) in [5.41, 5.74) is -0.941.